The maximum absolute atomic E-state index is 12.3. The van der Waals surface area contributed by atoms with Crippen LogP contribution in [-0.4, -0.2) is 36.1 Å². The molecule has 0 atom stereocenters. The molecule has 2 aromatic rings. The van der Waals surface area contributed by atoms with Crippen LogP contribution in [-0.2, 0) is 9.47 Å². The summed E-state index contributed by atoms with van der Waals surface area (Å²) in [5, 5.41) is 11.4. The highest BCUT2D eigenvalue weighted by atomic mass is 16.6. The fourth-order valence-electron chi connectivity index (χ4n) is 2.67. The van der Waals surface area contributed by atoms with Crippen molar-refractivity contribution in [3.05, 3.63) is 56.9 Å². The molecule has 0 unspecified atom stereocenters. The van der Waals surface area contributed by atoms with Crippen LogP contribution in [0.15, 0.2) is 24.3 Å². The van der Waals surface area contributed by atoms with Crippen LogP contribution in [0.4, 0.5) is 5.69 Å². The molecular formula is C17H16N2O6. The molecule has 0 saturated carbocycles. The second kappa shape index (κ2) is 7.08. The van der Waals surface area contributed by atoms with Crippen LogP contribution in [0.3, 0.4) is 0 Å². The first kappa shape index (κ1) is 18.1. The van der Waals surface area contributed by atoms with Gasteiger partial charge in [0.1, 0.15) is 0 Å². The van der Waals surface area contributed by atoms with Crippen LogP contribution in [0.25, 0.3) is 11.1 Å². The number of benzene rings is 1. The Morgan fingerprint density at radius 3 is 1.92 bits per heavy atom. The Labute approximate surface area is 143 Å². The lowest BCUT2D eigenvalue weighted by Crippen LogP contribution is -2.16. The molecule has 0 amide bonds. The normalized spacial score (nSPS) is 10.2. The molecule has 8 heteroatoms. The summed E-state index contributed by atoms with van der Waals surface area (Å²) in [4.78, 5) is 39.6. The summed E-state index contributed by atoms with van der Waals surface area (Å²) in [6.07, 6.45) is 0. The molecule has 1 heterocycles. The zero-order valence-electron chi connectivity index (χ0n) is 14.2. The van der Waals surface area contributed by atoms with Crippen LogP contribution in [0, 0.1) is 24.0 Å². The van der Waals surface area contributed by atoms with Gasteiger partial charge in [-0.15, -0.1) is 0 Å². The summed E-state index contributed by atoms with van der Waals surface area (Å²) in [5.41, 5.74) is 0.515. The largest absolute Gasteiger partial charge is 0.465 e. The highest BCUT2D eigenvalue weighted by molar-refractivity contribution is 6.08. The van der Waals surface area contributed by atoms with E-state index < -0.39 is 16.9 Å². The number of nitrogens with zero attached hydrogens (tertiary/aromatic N) is 2. The summed E-state index contributed by atoms with van der Waals surface area (Å²) < 4.78 is 9.57. The van der Waals surface area contributed by atoms with Crippen molar-refractivity contribution in [3.63, 3.8) is 0 Å². The van der Waals surface area contributed by atoms with Gasteiger partial charge < -0.3 is 9.47 Å². The second-order valence-corrected chi connectivity index (χ2v) is 5.17. The number of hydrogen-bond acceptors (Lipinski definition) is 7. The standard InChI is InChI=1S/C17H16N2O6/c1-9-13(16(20)24-3)15(14(10(2)18-9)17(21)25-4)11-7-5-6-8-12(11)19(22)23/h5-8H,1-4H3/i1+1,2+1,3+1,4+1,9+1,10+1,13+1,14+1. The van der Waals surface area contributed by atoms with Gasteiger partial charge >= 0.3 is 11.9 Å². The number of rotatable bonds is 4. The summed E-state index contributed by atoms with van der Waals surface area (Å²) in [6.45, 7) is 3.14. The maximum Gasteiger partial charge on any atom is 0.340 e. The Morgan fingerprint density at radius 2 is 1.48 bits per heavy atom. The number of aromatic nitrogens is 1. The molecule has 0 aliphatic carbocycles. The molecule has 0 radical (unpaired) electrons. The van der Waals surface area contributed by atoms with Crippen molar-refractivity contribution in [2.45, 2.75) is 13.8 Å². The third kappa shape index (κ3) is 3.18. The molecule has 0 spiro atoms. The molecule has 8 nitrogen and oxygen atoms in total. The van der Waals surface area contributed by atoms with E-state index in [1.165, 1.54) is 32.4 Å². The van der Waals surface area contributed by atoms with Crippen LogP contribution in [0.5, 0.6) is 0 Å². The van der Waals surface area contributed by atoms with Crippen molar-refractivity contribution in [1.82, 2.24) is 4.98 Å². The molecule has 25 heavy (non-hydrogen) atoms. The molecule has 0 saturated heterocycles. The van der Waals surface area contributed by atoms with Gasteiger partial charge in [0.25, 0.3) is 5.69 Å². The minimum absolute atomic E-state index is 0.0113. The van der Waals surface area contributed by atoms with Gasteiger partial charge in [-0.1, -0.05) is 12.1 Å². The number of carbonyl (C=O) groups excluding carboxylic acids is 2. The number of para-hydroxylation sites is 1. The van der Waals surface area contributed by atoms with Crippen LogP contribution < -0.4 is 0 Å². The van der Waals surface area contributed by atoms with Gasteiger partial charge in [0.2, 0.25) is 0 Å². The van der Waals surface area contributed by atoms with Crippen molar-refractivity contribution in [2.75, 3.05) is 14.2 Å². The SMILES string of the molecule is [13CH3]OC(=O)[13c]1c(-c2ccccc2[N+](=O)[O-])[13c](C(=O)O[13CH3])[13c]([13CH3])n[13c]1[13CH3]. The van der Waals surface area contributed by atoms with Gasteiger partial charge in [0.15, 0.2) is 0 Å². The number of nitro benzene ring substituents is 1. The number of carbonyl (C=O) groups is 2. The van der Waals surface area contributed by atoms with Gasteiger partial charge in [-0.05, 0) is 19.9 Å². The molecule has 0 aliphatic rings. The Hall–Kier alpha value is -3.29. The smallest absolute Gasteiger partial charge is 0.340 e. The predicted octanol–water partition coefficient (Wildman–Crippen LogP) is 2.85. The average Bonchev–Trinajstić information content (AvgIpc) is 2.59. The number of pyridine rings is 1. The topological polar surface area (TPSA) is 109 Å². The second-order valence-electron chi connectivity index (χ2n) is 5.17. The number of ether oxygens (including phenoxy) is 2. The maximum atomic E-state index is 12.3. The molecule has 0 aliphatic heterocycles. The molecule has 130 valence electrons. The minimum atomic E-state index is -0.747. The van der Waals surface area contributed by atoms with E-state index in [-0.39, 0.29) is 27.9 Å². The lowest BCUT2D eigenvalue weighted by atomic mass is 10.1. The molecule has 1 aromatic heterocycles. The van der Waals surface area contributed by atoms with Gasteiger partial charge in [-0.3, -0.25) is 15.1 Å². The van der Waals surface area contributed by atoms with Crippen molar-refractivity contribution >= 4 is 17.6 Å². The molecule has 0 N–H and O–H groups in total. The number of methoxy groups -OCH3 is 2. The van der Waals surface area contributed by atoms with E-state index in [4.69, 9.17) is 9.47 Å². The summed E-state index contributed by atoms with van der Waals surface area (Å²) in [7, 11) is 2.37. The summed E-state index contributed by atoms with van der Waals surface area (Å²) in [6, 6.07) is 5.83. The predicted molar refractivity (Wildman–Crippen MR) is 88.5 cm³/mol. The highest BCUT2D eigenvalue weighted by Gasteiger charge is 2.30. The molecule has 1 aromatic carbocycles. The molecule has 0 bridgehead atoms. The first-order valence-corrected chi connectivity index (χ1v) is 7.25. The Kier molecular flexibility index (Phi) is 5.11. The van der Waals surface area contributed by atoms with E-state index in [2.05, 4.69) is 4.98 Å². The van der Waals surface area contributed by atoms with E-state index >= 15 is 0 Å². The van der Waals surface area contributed by atoms with Gasteiger partial charge in [-0.25, -0.2) is 9.59 Å². The van der Waals surface area contributed by atoms with Crippen molar-refractivity contribution in [3.8, 4) is 11.1 Å². The molecule has 2 rings (SSSR count). The van der Waals surface area contributed by atoms with E-state index in [1.54, 1.807) is 19.9 Å². The zero-order chi connectivity index (χ0) is 18.7. The summed E-state index contributed by atoms with van der Waals surface area (Å²) in [5.74, 6) is -1.49. The fraction of sp³-hybridized carbons (Fsp3) is 0.235. The van der Waals surface area contributed by atoms with Crippen LogP contribution in [0.1, 0.15) is 32.1 Å². The van der Waals surface area contributed by atoms with Gasteiger partial charge in [-0.2, -0.15) is 0 Å². The van der Waals surface area contributed by atoms with Gasteiger partial charge in [0, 0.05) is 11.6 Å². The molecule has 0 fully saturated rings. The lowest BCUT2D eigenvalue weighted by molar-refractivity contribution is -0.384. The number of aryl methyl sites for hydroxylation is 2. The Bertz CT molecular complexity index is 835. The lowest BCUT2D eigenvalue weighted by Gasteiger charge is -2.16. The number of nitro groups is 1. The van der Waals surface area contributed by atoms with E-state index in [1.807, 2.05) is 0 Å². The van der Waals surface area contributed by atoms with Crippen molar-refractivity contribution in [2.24, 2.45) is 0 Å². The van der Waals surface area contributed by atoms with Crippen LogP contribution >= 0.6 is 0 Å². The minimum Gasteiger partial charge on any atom is -0.465 e. The van der Waals surface area contributed by atoms with Crippen LogP contribution in [0.2, 0.25) is 0 Å². The zero-order valence-corrected chi connectivity index (χ0v) is 14.2. The average molecular weight is 352 g/mol. The first-order chi connectivity index (χ1) is 11.8. The monoisotopic (exact) mass is 352 g/mol. The Balaban J connectivity index is 3.03. The third-order valence-corrected chi connectivity index (χ3v) is 3.71. The van der Waals surface area contributed by atoms with Crippen molar-refractivity contribution < 1.29 is 24.0 Å². The van der Waals surface area contributed by atoms with E-state index in [0.717, 1.165) is 0 Å². The quantitative estimate of drug-likeness (QED) is 0.360. The van der Waals surface area contributed by atoms with E-state index in [0.29, 0.717) is 11.4 Å². The fourth-order valence-corrected chi connectivity index (χ4v) is 2.67. The van der Waals surface area contributed by atoms with Gasteiger partial charge in [0.05, 0.1) is 47.2 Å². The number of esters is 2. The number of hydrogen-bond donors (Lipinski definition) is 0. The summed E-state index contributed by atoms with van der Waals surface area (Å²) >= 11 is 0. The first-order valence-electron chi connectivity index (χ1n) is 7.25. The Morgan fingerprint density at radius 1 is 1.00 bits per heavy atom. The van der Waals surface area contributed by atoms with Crippen molar-refractivity contribution in [1.29, 1.82) is 0 Å². The third-order valence-electron chi connectivity index (χ3n) is 3.71. The highest BCUT2D eigenvalue weighted by Crippen LogP contribution is 2.37. The van der Waals surface area contributed by atoms with E-state index in [9.17, 15) is 19.7 Å². The molecular weight excluding hydrogens is 336 g/mol.